The molecule has 0 radical (unpaired) electrons. The van der Waals surface area contributed by atoms with Crippen LogP contribution in [0.15, 0.2) is 35.7 Å². The minimum atomic E-state index is 0.429. The van der Waals surface area contributed by atoms with Crippen molar-refractivity contribution in [3.63, 3.8) is 0 Å². The molecule has 0 aromatic heterocycles. The second kappa shape index (κ2) is 1.45. The molecule has 1 fully saturated rings. The van der Waals surface area contributed by atoms with Crippen molar-refractivity contribution in [3.05, 3.63) is 35.7 Å². The van der Waals surface area contributed by atoms with Gasteiger partial charge in [-0.1, -0.05) is 18.2 Å². The summed E-state index contributed by atoms with van der Waals surface area (Å²) in [7, 11) is 0. The smallest absolute Gasteiger partial charge is 0.0371 e. The van der Waals surface area contributed by atoms with E-state index >= 15 is 0 Å². The Morgan fingerprint density at radius 3 is 3.36 bits per heavy atom. The largest absolute Gasteiger partial charge is 0.362 e. The standard InChI is InChI=1S/C10H11N/c1-7-5-10-6-8(10)3-2-4-9(10)11-7/h2-5,8,11H,6H2,1H3. The molecule has 0 aromatic carbocycles. The lowest BCUT2D eigenvalue weighted by Crippen LogP contribution is -2.11. The van der Waals surface area contributed by atoms with Crippen LogP contribution >= 0.6 is 0 Å². The maximum absolute atomic E-state index is 3.41. The van der Waals surface area contributed by atoms with Gasteiger partial charge in [-0.15, -0.1) is 0 Å². The average molecular weight is 145 g/mol. The summed E-state index contributed by atoms with van der Waals surface area (Å²) in [5, 5.41) is 3.41. The number of allylic oxidation sites excluding steroid dienone is 5. The Balaban J connectivity index is 2.14. The maximum atomic E-state index is 3.41. The SMILES string of the molecule is CC1=CC23CC2C=CC=C3N1. The van der Waals surface area contributed by atoms with Crippen molar-refractivity contribution in [2.24, 2.45) is 11.3 Å². The van der Waals surface area contributed by atoms with Crippen molar-refractivity contribution in [1.82, 2.24) is 5.32 Å². The molecule has 1 spiro atoms. The second-order valence-corrected chi connectivity index (χ2v) is 3.77. The van der Waals surface area contributed by atoms with Gasteiger partial charge in [0.15, 0.2) is 0 Å². The number of nitrogens with one attached hydrogen (secondary N) is 1. The van der Waals surface area contributed by atoms with E-state index in [9.17, 15) is 0 Å². The van der Waals surface area contributed by atoms with Gasteiger partial charge in [0, 0.05) is 16.8 Å². The molecule has 2 unspecified atom stereocenters. The van der Waals surface area contributed by atoms with E-state index in [1.807, 2.05) is 0 Å². The van der Waals surface area contributed by atoms with Crippen molar-refractivity contribution in [3.8, 4) is 0 Å². The van der Waals surface area contributed by atoms with Crippen LogP contribution in [0.5, 0.6) is 0 Å². The second-order valence-electron chi connectivity index (χ2n) is 3.77. The van der Waals surface area contributed by atoms with Crippen molar-refractivity contribution >= 4 is 0 Å². The van der Waals surface area contributed by atoms with Crippen LogP contribution in [0.4, 0.5) is 0 Å². The quantitative estimate of drug-likeness (QED) is 0.549. The molecule has 11 heavy (non-hydrogen) atoms. The lowest BCUT2D eigenvalue weighted by atomic mass is 9.97. The highest BCUT2D eigenvalue weighted by Gasteiger charge is 2.56. The van der Waals surface area contributed by atoms with E-state index in [1.54, 1.807) is 0 Å². The lowest BCUT2D eigenvalue weighted by molar-refractivity contribution is 0.714. The van der Waals surface area contributed by atoms with E-state index < -0.39 is 0 Å². The van der Waals surface area contributed by atoms with Crippen molar-refractivity contribution in [2.45, 2.75) is 13.3 Å². The summed E-state index contributed by atoms with van der Waals surface area (Å²) < 4.78 is 0. The molecule has 1 N–H and O–H groups in total. The molecule has 1 aliphatic heterocycles. The maximum Gasteiger partial charge on any atom is 0.0371 e. The third kappa shape index (κ3) is 0.528. The Hall–Kier alpha value is -0.980. The van der Waals surface area contributed by atoms with Crippen LogP contribution in [0.3, 0.4) is 0 Å². The lowest BCUT2D eigenvalue weighted by Gasteiger charge is -2.11. The molecule has 2 aliphatic carbocycles. The van der Waals surface area contributed by atoms with Crippen LogP contribution < -0.4 is 5.32 Å². The molecule has 0 aromatic rings. The number of rotatable bonds is 0. The highest BCUT2D eigenvalue weighted by molar-refractivity contribution is 5.47. The van der Waals surface area contributed by atoms with Crippen molar-refractivity contribution in [2.75, 3.05) is 0 Å². The molecule has 0 amide bonds. The van der Waals surface area contributed by atoms with Gasteiger partial charge >= 0.3 is 0 Å². The summed E-state index contributed by atoms with van der Waals surface area (Å²) in [5.41, 5.74) is 3.17. The molecule has 56 valence electrons. The Morgan fingerprint density at radius 1 is 1.64 bits per heavy atom. The van der Waals surface area contributed by atoms with Crippen LogP contribution in [0, 0.1) is 11.3 Å². The fourth-order valence-electron chi connectivity index (χ4n) is 2.33. The van der Waals surface area contributed by atoms with Crippen molar-refractivity contribution < 1.29 is 0 Å². The van der Waals surface area contributed by atoms with Crippen LogP contribution in [0.25, 0.3) is 0 Å². The van der Waals surface area contributed by atoms with Gasteiger partial charge in [0.05, 0.1) is 0 Å². The predicted molar refractivity (Wildman–Crippen MR) is 44.7 cm³/mol. The summed E-state index contributed by atoms with van der Waals surface area (Å²) in [5.74, 6) is 0.799. The normalized spacial score (nSPS) is 43.5. The van der Waals surface area contributed by atoms with E-state index in [0.717, 1.165) is 5.92 Å². The monoisotopic (exact) mass is 145 g/mol. The molecule has 0 bridgehead atoms. The molecule has 1 nitrogen and oxygen atoms in total. The van der Waals surface area contributed by atoms with Gasteiger partial charge < -0.3 is 5.32 Å². The summed E-state index contributed by atoms with van der Waals surface area (Å²) in [6.07, 6.45) is 10.4. The first-order valence-corrected chi connectivity index (χ1v) is 4.17. The van der Waals surface area contributed by atoms with Crippen LogP contribution in [0.1, 0.15) is 13.3 Å². The molecular formula is C10H11N. The van der Waals surface area contributed by atoms with Gasteiger partial charge in [0.2, 0.25) is 0 Å². The van der Waals surface area contributed by atoms with Crippen LogP contribution in [-0.4, -0.2) is 0 Å². The Morgan fingerprint density at radius 2 is 2.55 bits per heavy atom. The topological polar surface area (TPSA) is 12.0 Å². The van der Waals surface area contributed by atoms with Gasteiger partial charge in [-0.3, -0.25) is 0 Å². The molecule has 3 rings (SSSR count). The summed E-state index contributed by atoms with van der Waals surface area (Å²) in [4.78, 5) is 0. The molecule has 1 saturated carbocycles. The van der Waals surface area contributed by atoms with Crippen LogP contribution in [0.2, 0.25) is 0 Å². The molecular weight excluding hydrogens is 134 g/mol. The minimum absolute atomic E-state index is 0.429. The summed E-state index contributed by atoms with van der Waals surface area (Å²) in [6, 6.07) is 0. The van der Waals surface area contributed by atoms with E-state index in [-0.39, 0.29) is 0 Å². The van der Waals surface area contributed by atoms with E-state index in [0.29, 0.717) is 5.41 Å². The molecule has 1 heterocycles. The molecule has 0 saturated heterocycles. The molecule has 2 atom stereocenters. The van der Waals surface area contributed by atoms with E-state index in [4.69, 9.17) is 0 Å². The Labute approximate surface area is 66.5 Å². The highest BCUT2D eigenvalue weighted by atomic mass is 15.0. The Bertz CT molecular complexity index is 309. The van der Waals surface area contributed by atoms with Gasteiger partial charge in [0.25, 0.3) is 0 Å². The first-order valence-electron chi connectivity index (χ1n) is 4.17. The zero-order valence-corrected chi connectivity index (χ0v) is 6.59. The third-order valence-electron chi connectivity index (χ3n) is 2.97. The molecule has 1 heteroatoms. The summed E-state index contributed by atoms with van der Waals surface area (Å²) in [6.45, 7) is 2.14. The average Bonchev–Trinajstić information content (AvgIpc) is 2.55. The zero-order chi connectivity index (χ0) is 7.47. The first kappa shape index (κ1) is 5.64. The minimum Gasteiger partial charge on any atom is -0.362 e. The van der Waals surface area contributed by atoms with Gasteiger partial charge in [0.1, 0.15) is 0 Å². The molecule has 3 aliphatic rings. The van der Waals surface area contributed by atoms with E-state index in [2.05, 4.69) is 36.5 Å². The van der Waals surface area contributed by atoms with Gasteiger partial charge in [-0.05, 0) is 25.3 Å². The number of hydrogen-bond acceptors (Lipinski definition) is 1. The highest BCUT2D eigenvalue weighted by Crippen LogP contribution is 2.62. The first-order chi connectivity index (χ1) is 5.31. The van der Waals surface area contributed by atoms with E-state index in [1.165, 1.54) is 17.8 Å². The van der Waals surface area contributed by atoms with Gasteiger partial charge in [-0.25, -0.2) is 0 Å². The Kier molecular flexibility index (Phi) is 0.743. The van der Waals surface area contributed by atoms with Crippen LogP contribution in [-0.2, 0) is 0 Å². The number of hydrogen-bond donors (Lipinski definition) is 1. The van der Waals surface area contributed by atoms with Crippen molar-refractivity contribution in [1.29, 1.82) is 0 Å². The zero-order valence-electron chi connectivity index (χ0n) is 6.59. The third-order valence-corrected chi connectivity index (χ3v) is 2.97. The fourth-order valence-corrected chi connectivity index (χ4v) is 2.33. The fraction of sp³-hybridized carbons (Fsp3) is 0.400. The summed E-state index contributed by atoms with van der Waals surface area (Å²) >= 11 is 0. The predicted octanol–water partition coefficient (Wildman–Crippen LogP) is 1.95. The van der Waals surface area contributed by atoms with Gasteiger partial charge in [-0.2, -0.15) is 0 Å².